The monoisotopic (exact) mass is 429 g/mol. The van der Waals surface area contributed by atoms with Crippen molar-refractivity contribution in [3.63, 3.8) is 0 Å². The van der Waals surface area contributed by atoms with Gasteiger partial charge in [0.25, 0.3) is 5.91 Å². The Morgan fingerprint density at radius 2 is 1.76 bits per heavy atom. The van der Waals surface area contributed by atoms with E-state index in [9.17, 15) is 18.0 Å². The lowest BCUT2D eigenvalue weighted by Crippen LogP contribution is -2.33. The second kappa shape index (κ2) is 8.82. The summed E-state index contributed by atoms with van der Waals surface area (Å²) in [5.41, 5.74) is 0.446. The molecule has 0 radical (unpaired) electrons. The van der Waals surface area contributed by atoms with E-state index >= 15 is 0 Å². The molecule has 156 valence electrons. The Balaban J connectivity index is 0.000000298. The van der Waals surface area contributed by atoms with E-state index in [1.807, 2.05) is 16.5 Å². The smallest absolute Gasteiger partial charge is 0.475 e. The molecule has 0 unspecified atom stereocenters. The van der Waals surface area contributed by atoms with E-state index in [1.165, 1.54) is 5.01 Å². The summed E-state index contributed by atoms with van der Waals surface area (Å²) in [5, 5.41) is 10.3. The van der Waals surface area contributed by atoms with Crippen molar-refractivity contribution in [1.82, 2.24) is 24.8 Å². The first kappa shape index (κ1) is 21.1. The van der Waals surface area contributed by atoms with E-state index < -0.39 is 12.1 Å². The Bertz CT molecular complexity index is 821. The van der Waals surface area contributed by atoms with Crippen molar-refractivity contribution in [1.29, 1.82) is 0 Å². The number of alkyl halides is 3. The van der Waals surface area contributed by atoms with Crippen LogP contribution < -0.4 is 0 Å². The van der Waals surface area contributed by atoms with E-state index in [0.717, 1.165) is 32.7 Å². The number of aliphatic carboxylic acids is 1. The summed E-state index contributed by atoms with van der Waals surface area (Å²) in [6, 6.07) is 0. The predicted octanol–water partition coefficient (Wildman–Crippen LogP) is 1.77. The number of carbonyl (C=O) groups excluding carboxylic acids is 1. The maximum absolute atomic E-state index is 12.4. The largest absolute Gasteiger partial charge is 0.490 e. The molecule has 12 heteroatoms. The lowest BCUT2D eigenvalue weighted by Gasteiger charge is -2.20. The van der Waals surface area contributed by atoms with Crippen LogP contribution in [0, 0.1) is 11.8 Å². The average Bonchev–Trinajstić information content (AvgIpc) is 3.38. The van der Waals surface area contributed by atoms with Crippen molar-refractivity contribution in [3.8, 4) is 0 Å². The molecular formula is C17H18F3N5O3S. The molecule has 29 heavy (non-hydrogen) atoms. The second-order valence-corrected chi connectivity index (χ2v) is 7.72. The van der Waals surface area contributed by atoms with Crippen LogP contribution in [0.5, 0.6) is 0 Å². The number of halogens is 3. The number of likely N-dealkylation sites (tertiary alicyclic amines) is 2. The Kier molecular flexibility index (Phi) is 6.42. The van der Waals surface area contributed by atoms with Gasteiger partial charge in [-0.1, -0.05) is 0 Å². The van der Waals surface area contributed by atoms with E-state index in [2.05, 4.69) is 19.9 Å². The first-order valence-corrected chi connectivity index (χ1v) is 9.58. The molecule has 2 aliphatic rings. The number of hydrogen-bond acceptors (Lipinski definition) is 7. The van der Waals surface area contributed by atoms with Crippen molar-refractivity contribution >= 4 is 23.2 Å². The number of thiazole rings is 1. The van der Waals surface area contributed by atoms with Gasteiger partial charge in [0.2, 0.25) is 0 Å². The third-order valence-electron chi connectivity index (χ3n) is 4.72. The first-order chi connectivity index (χ1) is 13.7. The Morgan fingerprint density at radius 1 is 1.10 bits per heavy atom. The van der Waals surface area contributed by atoms with Gasteiger partial charge < -0.3 is 10.0 Å². The van der Waals surface area contributed by atoms with Gasteiger partial charge in [0, 0.05) is 50.1 Å². The molecule has 1 N–H and O–H groups in total. The number of nitrogens with zero attached hydrogens (tertiary/aromatic N) is 5. The summed E-state index contributed by atoms with van der Waals surface area (Å²) in [7, 11) is 0. The van der Waals surface area contributed by atoms with Gasteiger partial charge in [-0.25, -0.2) is 14.8 Å². The van der Waals surface area contributed by atoms with Crippen LogP contribution in [0.2, 0.25) is 0 Å². The van der Waals surface area contributed by atoms with Crippen molar-refractivity contribution in [2.45, 2.75) is 12.7 Å². The van der Waals surface area contributed by atoms with Gasteiger partial charge >= 0.3 is 12.1 Å². The second-order valence-electron chi connectivity index (χ2n) is 6.74. The maximum atomic E-state index is 12.4. The molecule has 8 nitrogen and oxygen atoms in total. The van der Waals surface area contributed by atoms with Gasteiger partial charge in [0.15, 0.2) is 0 Å². The minimum absolute atomic E-state index is 0.00831. The van der Waals surface area contributed by atoms with Crippen molar-refractivity contribution in [3.05, 3.63) is 40.9 Å². The SMILES string of the molecule is O=C(O)C(F)(F)F.O=C(c1cnccn1)N1C[C@H]2CN(Cc3nccs3)C[C@H]2C1. The van der Waals surface area contributed by atoms with E-state index in [1.54, 1.807) is 29.9 Å². The highest BCUT2D eigenvalue weighted by Gasteiger charge is 2.42. The Hall–Kier alpha value is -2.60. The summed E-state index contributed by atoms with van der Waals surface area (Å²) >= 11 is 1.71. The van der Waals surface area contributed by atoms with E-state index in [4.69, 9.17) is 9.90 Å². The van der Waals surface area contributed by atoms with Gasteiger partial charge in [0.05, 0.1) is 12.7 Å². The number of carboxylic acids is 1. The molecule has 0 aromatic carbocycles. The highest BCUT2D eigenvalue weighted by Crippen LogP contribution is 2.32. The zero-order valence-corrected chi connectivity index (χ0v) is 15.9. The predicted molar refractivity (Wildman–Crippen MR) is 96.0 cm³/mol. The molecule has 2 aliphatic heterocycles. The van der Waals surface area contributed by atoms with Crippen molar-refractivity contribution < 1.29 is 27.9 Å². The molecule has 0 saturated carbocycles. The standard InChI is InChI=1S/C15H17N5OS.C2HF3O2/c21-15(13-5-16-1-2-17-13)20-8-11-6-19(7-12(11)9-20)10-14-18-3-4-22-14;3-2(4,5)1(6)7/h1-5,11-12H,6-10H2;(H,6,7)/t11-,12+;. The molecule has 0 aliphatic carbocycles. The first-order valence-electron chi connectivity index (χ1n) is 8.70. The molecule has 2 aromatic heterocycles. The van der Waals surface area contributed by atoms with Crippen LogP contribution in [0.25, 0.3) is 0 Å². The quantitative estimate of drug-likeness (QED) is 0.794. The minimum atomic E-state index is -5.08. The Morgan fingerprint density at radius 3 is 2.24 bits per heavy atom. The number of carboxylic acid groups (broad SMARTS) is 1. The van der Waals surface area contributed by atoms with Crippen LogP contribution in [0.3, 0.4) is 0 Å². The van der Waals surface area contributed by atoms with Crippen LogP contribution in [-0.2, 0) is 11.3 Å². The number of hydrogen-bond donors (Lipinski definition) is 1. The molecular weight excluding hydrogens is 411 g/mol. The third kappa shape index (κ3) is 5.48. The van der Waals surface area contributed by atoms with Crippen LogP contribution in [0.15, 0.2) is 30.2 Å². The molecule has 2 saturated heterocycles. The zero-order chi connectivity index (χ0) is 21.0. The summed E-state index contributed by atoms with van der Waals surface area (Å²) in [5.74, 6) is -1.61. The molecule has 1 amide bonds. The summed E-state index contributed by atoms with van der Waals surface area (Å²) in [4.78, 5) is 38.1. The molecule has 0 bridgehead atoms. The van der Waals surface area contributed by atoms with Crippen LogP contribution in [0.4, 0.5) is 13.2 Å². The average molecular weight is 429 g/mol. The molecule has 4 heterocycles. The van der Waals surface area contributed by atoms with Gasteiger partial charge in [-0.3, -0.25) is 14.7 Å². The molecule has 4 rings (SSSR count). The number of rotatable bonds is 3. The molecule has 2 atom stereocenters. The topological polar surface area (TPSA) is 99.5 Å². The van der Waals surface area contributed by atoms with Crippen LogP contribution >= 0.6 is 11.3 Å². The molecule has 0 spiro atoms. The molecule has 2 aromatic rings. The fourth-order valence-electron chi connectivity index (χ4n) is 3.48. The Labute approximate surface area is 168 Å². The number of carbonyl (C=O) groups is 2. The van der Waals surface area contributed by atoms with Crippen LogP contribution in [0.1, 0.15) is 15.5 Å². The van der Waals surface area contributed by atoms with Crippen molar-refractivity contribution in [2.75, 3.05) is 26.2 Å². The van der Waals surface area contributed by atoms with E-state index in [-0.39, 0.29) is 5.91 Å². The summed E-state index contributed by atoms with van der Waals surface area (Å²) in [6.07, 6.45) is 1.48. The van der Waals surface area contributed by atoms with Gasteiger partial charge in [-0.15, -0.1) is 11.3 Å². The van der Waals surface area contributed by atoms with E-state index in [0.29, 0.717) is 17.5 Å². The van der Waals surface area contributed by atoms with Gasteiger partial charge in [-0.05, 0) is 11.8 Å². The zero-order valence-electron chi connectivity index (χ0n) is 15.1. The molecule has 2 fully saturated rings. The van der Waals surface area contributed by atoms with Gasteiger partial charge in [0.1, 0.15) is 10.7 Å². The maximum Gasteiger partial charge on any atom is 0.490 e. The highest BCUT2D eigenvalue weighted by molar-refractivity contribution is 7.09. The number of aromatic nitrogens is 3. The lowest BCUT2D eigenvalue weighted by atomic mass is 10.0. The third-order valence-corrected chi connectivity index (χ3v) is 5.48. The lowest BCUT2D eigenvalue weighted by molar-refractivity contribution is -0.192. The van der Waals surface area contributed by atoms with Crippen LogP contribution in [-0.4, -0.2) is 74.1 Å². The fraction of sp³-hybridized carbons (Fsp3) is 0.471. The fourth-order valence-corrected chi connectivity index (χ4v) is 4.14. The minimum Gasteiger partial charge on any atom is -0.475 e. The number of fused-ring (bicyclic) bond motifs is 1. The summed E-state index contributed by atoms with van der Waals surface area (Å²) < 4.78 is 31.7. The normalized spacial score (nSPS) is 21.4. The highest BCUT2D eigenvalue weighted by atomic mass is 32.1. The number of amides is 1. The van der Waals surface area contributed by atoms with Crippen molar-refractivity contribution in [2.24, 2.45) is 11.8 Å². The summed E-state index contributed by atoms with van der Waals surface area (Å²) in [6.45, 7) is 4.69. The van der Waals surface area contributed by atoms with Gasteiger partial charge in [-0.2, -0.15) is 13.2 Å².